The molecule has 0 atom stereocenters. The lowest BCUT2D eigenvalue weighted by atomic mass is 10.2. The molecule has 0 aromatic heterocycles. The Hall–Kier alpha value is -0.670. The van der Waals surface area contributed by atoms with E-state index in [1.807, 2.05) is 30.5 Å². The van der Waals surface area contributed by atoms with Gasteiger partial charge in [-0.05, 0) is 17.7 Å². The standard InChI is InChI=1S/C9H11BrN2/c10-9-3-1-8(2-4-9)7-12-6-5-11/h1-4,7H,5-6,11H2. The molecule has 0 aliphatic carbocycles. The van der Waals surface area contributed by atoms with Crippen molar-refractivity contribution in [2.45, 2.75) is 0 Å². The number of rotatable bonds is 3. The Balaban J connectivity index is 2.58. The minimum absolute atomic E-state index is 0.604. The quantitative estimate of drug-likeness (QED) is 0.786. The largest absolute Gasteiger partial charge is 0.329 e. The van der Waals surface area contributed by atoms with E-state index in [0.717, 1.165) is 10.0 Å². The monoisotopic (exact) mass is 226 g/mol. The third kappa shape index (κ3) is 3.15. The first-order chi connectivity index (χ1) is 5.83. The molecular weight excluding hydrogens is 216 g/mol. The molecule has 0 fully saturated rings. The summed E-state index contributed by atoms with van der Waals surface area (Å²) < 4.78 is 1.08. The molecule has 0 radical (unpaired) electrons. The maximum atomic E-state index is 5.30. The Bertz CT molecular complexity index is 254. The third-order valence-corrected chi connectivity index (χ3v) is 1.90. The lowest BCUT2D eigenvalue weighted by Gasteiger charge is -1.92. The number of hydrogen-bond donors (Lipinski definition) is 1. The van der Waals surface area contributed by atoms with E-state index in [9.17, 15) is 0 Å². The van der Waals surface area contributed by atoms with Crippen molar-refractivity contribution in [2.24, 2.45) is 10.7 Å². The summed E-state index contributed by atoms with van der Waals surface area (Å²) in [6, 6.07) is 7.99. The first-order valence-electron chi connectivity index (χ1n) is 3.78. The number of aliphatic imine (C=N–C) groups is 1. The Morgan fingerprint density at radius 2 is 2.00 bits per heavy atom. The molecule has 0 saturated carbocycles. The van der Waals surface area contributed by atoms with Gasteiger partial charge in [0.2, 0.25) is 0 Å². The number of nitrogens with zero attached hydrogens (tertiary/aromatic N) is 1. The number of hydrogen-bond acceptors (Lipinski definition) is 2. The molecule has 2 nitrogen and oxygen atoms in total. The highest BCUT2D eigenvalue weighted by Crippen LogP contribution is 2.08. The van der Waals surface area contributed by atoms with Crippen LogP contribution < -0.4 is 5.73 Å². The van der Waals surface area contributed by atoms with Gasteiger partial charge in [-0.15, -0.1) is 0 Å². The maximum absolute atomic E-state index is 5.30. The lowest BCUT2D eigenvalue weighted by Crippen LogP contribution is -2.02. The summed E-state index contributed by atoms with van der Waals surface area (Å²) in [5.74, 6) is 0. The first kappa shape index (κ1) is 9.42. The summed E-state index contributed by atoms with van der Waals surface area (Å²) in [4.78, 5) is 4.12. The predicted octanol–water partition coefficient (Wildman–Crippen LogP) is 1.83. The van der Waals surface area contributed by atoms with Crippen molar-refractivity contribution in [1.29, 1.82) is 0 Å². The van der Waals surface area contributed by atoms with Crippen LogP contribution in [0.15, 0.2) is 33.7 Å². The molecule has 0 aliphatic rings. The Labute approximate surface area is 80.6 Å². The van der Waals surface area contributed by atoms with Crippen LogP contribution in [-0.4, -0.2) is 19.3 Å². The second-order valence-electron chi connectivity index (χ2n) is 2.38. The minimum atomic E-state index is 0.604. The van der Waals surface area contributed by atoms with Crippen molar-refractivity contribution < 1.29 is 0 Å². The van der Waals surface area contributed by atoms with Crippen LogP contribution in [0.2, 0.25) is 0 Å². The van der Waals surface area contributed by atoms with Crippen molar-refractivity contribution in [2.75, 3.05) is 13.1 Å². The molecule has 64 valence electrons. The van der Waals surface area contributed by atoms with E-state index in [4.69, 9.17) is 5.73 Å². The van der Waals surface area contributed by atoms with Gasteiger partial charge in [0.15, 0.2) is 0 Å². The van der Waals surface area contributed by atoms with Crippen molar-refractivity contribution in [3.05, 3.63) is 34.3 Å². The summed E-state index contributed by atoms with van der Waals surface area (Å²) in [5.41, 5.74) is 6.40. The van der Waals surface area contributed by atoms with Crippen LogP contribution >= 0.6 is 15.9 Å². The molecule has 0 amide bonds. The van der Waals surface area contributed by atoms with E-state index in [-0.39, 0.29) is 0 Å². The summed E-state index contributed by atoms with van der Waals surface area (Å²) in [7, 11) is 0. The van der Waals surface area contributed by atoms with Crippen LogP contribution in [0.25, 0.3) is 0 Å². The molecule has 12 heavy (non-hydrogen) atoms. The van der Waals surface area contributed by atoms with Gasteiger partial charge in [-0.1, -0.05) is 28.1 Å². The van der Waals surface area contributed by atoms with Gasteiger partial charge in [-0.3, -0.25) is 4.99 Å². The van der Waals surface area contributed by atoms with Crippen molar-refractivity contribution in [1.82, 2.24) is 0 Å². The zero-order valence-corrected chi connectivity index (χ0v) is 8.29. The highest BCUT2D eigenvalue weighted by molar-refractivity contribution is 9.10. The van der Waals surface area contributed by atoms with Crippen LogP contribution in [0, 0.1) is 0 Å². The van der Waals surface area contributed by atoms with Crippen LogP contribution in [0.3, 0.4) is 0 Å². The number of benzene rings is 1. The SMILES string of the molecule is NCCN=Cc1ccc(Br)cc1. The topological polar surface area (TPSA) is 38.4 Å². The second kappa shape index (κ2) is 5.06. The molecule has 1 aromatic carbocycles. The molecular formula is C9H11BrN2. The number of halogens is 1. The molecule has 3 heteroatoms. The average molecular weight is 227 g/mol. The summed E-state index contributed by atoms with van der Waals surface area (Å²) >= 11 is 3.36. The van der Waals surface area contributed by atoms with Gasteiger partial charge in [0.1, 0.15) is 0 Å². The van der Waals surface area contributed by atoms with Crippen LogP contribution in [0.4, 0.5) is 0 Å². The van der Waals surface area contributed by atoms with E-state index in [1.165, 1.54) is 0 Å². The van der Waals surface area contributed by atoms with Gasteiger partial charge in [-0.25, -0.2) is 0 Å². The Morgan fingerprint density at radius 3 is 2.58 bits per heavy atom. The third-order valence-electron chi connectivity index (χ3n) is 1.37. The zero-order valence-electron chi connectivity index (χ0n) is 6.70. The second-order valence-corrected chi connectivity index (χ2v) is 3.29. The smallest absolute Gasteiger partial charge is 0.0512 e. The van der Waals surface area contributed by atoms with Gasteiger partial charge in [0, 0.05) is 17.2 Å². The lowest BCUT2D eigenvalue weighted by molar-refractivity contribution is 0.980. The highest BCUT2D eigenvalue weighted by atomic mass is 79.9. The fourth-order valence-electron chi connectivity index (χ4n) is 0.793. The van der Waals surface area contributed by atoms with E-state index in [0.29, 0.717) is 13.1 Å². The van der Waals surface area contributed by atoms with Gasteiger partial charge in [-0.2, -0.15) is 0 Å². The summed E-state index contributed by atoms with van der Waals surface area (Å²) in [6.07, 6.45) is 1.83. The van der Waals surface area contributed by atoms with Gasteiger partial charge >= 0.3 is 0 Å². The van der Waals surface area contributed by atoms with Gasteiger partial charge in [0.25, 0.3) is 0 Å². The summed E-state index contributed by atoms with van der Waals surface area (Å²) in [6.45, 7) is 1.29. The van der Waals surface area contributed by atoms with Crippen LogP contribution in [0.5, 0.6) is 0 Å². The highest BCUT2D eigenvalue weighted by Gasteiger charge is 1.86. The number of nitrogens with two attached hydrogens (primary N) is 1. The molecule has 0 bridgehead atoms. The zero-order chi connectivity index (χ0) is 8.81. The molecule has 2 N–H and O–H groups in total. The normalized spacial score (nSPS) is 10.8. The first-order valence-corrected chi connectivity index (χ1v) is 4.57. The van der Waals surface area contributed by atoms with E-state index >= 15 is 0 Å². The van der Waals surface area contributed by atoms with E-state index in [2.05, 4.69) is 20.9 Å². The molecule has 1 aromatic rings. The fraction of sp³-hybridized carbons (Fsp3) is 0.222. The van der Waals surface area contributed by atoms with E-state index < -0.39 is 0 Å². The Morgan fingerprint density at radius 1 is 1.33 bits per heavy atom. The van der Waals surface area contributed by atoms with Crippen molar-refractivity contribution in [3.63, 3.8) is 0 Å². The van der Waals surface area contributed by atoms with Crippen molar-refractivity contribution >= 4 is 22.1 Å². The molecule has 0 spiro atoms. The van der Waals surface area contributed by atoms with Crippen molar-refractivity contribution in [3.8, 4) is 0 Å². The minimum Gasteiger partial charge on any atom is -0.329 e. The molecule has 1 rings (SSSR count). The van der Waals surface area contributed by atoms with Crippen LogP contribution in [-0.2, 0) is 0 Å². The van der Waals surface area contributed by atoms with Crippen LogP contribution in [0.1, 0.15) is 5.56 Å². The van der Waals surface area contributed by atoms with Gasteiger partial charge < -0.3 is 5.73 Å². The maximum Gasteiger partial charge on any atom is 0.0512 e. The summed E-state index contributed by atoms with van der Waals surface area (Å²) in [5, 5.41) is 0. The molecule has 0 unspecified atom stereocenters. The molecule has 0 saturated heterocycles. The van der Waals surface area contributed by atoms with E-state index in [1.54, 1.807) is 0 Å². The molecule has 0 aliphatic heterocycles. The average Bonchev–Trinajstić information content (AvgIpc) is 2.09. The Kier molecular flexibility index (Phi) is 3.97. The predicted molar refractivity (Wildman–Crippen MR) is 55.7 cm³/mol. The van der Waals surface area contributed by atoms with Gasteiger partial charge in [0.05, 0.1) is 6.54 Å². The fourth-order valence-corrected chi connectivity index (χ4v) is 1.06. The molecule has 0 heterocycles.